The highest BCUT2D eigenvalue weighted by Gasteiger charge is 2.11. The first-order valence-corrected chi connectivity index (χ1v) is 10.2. The Morgan fingerprint density at radius 3 is 2.70 bits per heavy atom. The number of nitrogens with one attached hydrogen (secondary N) is 2. The molecule has 2 N–H and O–H groups in total. The summed E-state index contributed by atoms with van der Waals surface area (Å²) >= 11 is 1.62. The number of benzene rings is 1. The van der Waals surface area contributed by atoms with Crippen molar-refractivity contribution in [3.63, 3.8) is 0 Å². The highest BCUT2D eigenvalue weighted by molar-refractivity contribution is 7.15. The van der Waals surface area contributed by atoms with Crippen LogP contribution in [0.3, 0.4) is 0 Å². The predicted octanol–water partition coefficient (Wildman–Crippen LogP) is 4.10. The van der Waals surface area contributed by atoms with Gasteiger partial charge in [0.05, 0.1) is 27.6 Å². The van der Waals surface area contributed by atoms with Crippen LogP contribution < -0.4 is 10.6 Å². The second-order valence-electron chi connectivity index (χ2n) is 6.85. The summed E-state index contributed by atoms with van der Waals surface area (Å²) in [7, 11) is 0. The third-order valence-corrected chi connectivity index (χ3v) is 5.53. The lowest BCUT2D eigenvalue weighted by atomic mass is 10.1. The van der Waals surface area contributed by atoms with Crippen molar-refractivity contribution < 1.29 is 4.79 Å². The van der Waals surface area contributed by atoms with Crippen LogP contribution in [0.1, 0.15) is 16.3 Å². The van der Waals surface area contributed by atoms with Crippen molar-refractivity contribution in [2.75, 3.05) is 10.6 Å². The number of thiazole rings is 1. The van der Waals surface area contributed by atoms with Crippen LogP contribution in [0.2, 0.25) is 0 Å². The van der Waals surface area contributed by atoms with Crippen LogP contribution in [0.25, 0.3) is 10.6 Å². The van der Waals surface area contributed by atoms with Gasteiger partial charge in [0.15, 0.2) is 0 Å². The minimum Gasteiger partial charge on any atom is -0.328 e. The zero-order chi connectivity index (χ0) is 21.1. The number of rotatable bonds is 6. The Morgan fingerprint density at radius 2 is 2.00 bits per heavy atom. The maximum atomic E-state index is 12.2. The van der Waals surface area contributed by atoms with Crippen LogP contribution in [0.5, 0.6) is 0 Å². The van der Waals surface area contributed by atoms with Crippen LogP contribution in [0, 0.1) is 20.8 Å². The van der Waals surface area contributed by atoms with Gasteiger partial charge in [0.25, 0.3) is 0 Å². The zero-order valence-corrected chi connectivity index (χ0v) is 17.7. The summed E-state index contributed by atoms with van der Waals surface area (Å²) < 4.78 is 1.72. The molecule has 3 aromatic heterocycles. The van der Waals surface area contributed by atoms with E-state index in [4.69, 9.17) is 0 Å². The van der Waals surface area contributed by atoms with Crippen LogP contribution in [0.4, 0.5) is 17.3 Å². The molecule has 0 unspecified atom stereocenters. The zero-order valence-electron chi connectivity index (χ0n) is 16.9. The molecule has 0 aliphatic carbocycles. The lowest BCUT2D eigenvalue weighted by molar-refractivity contribution is -0.116. The molecule has 1 aromatic carbocycles. The number of hydrogen-bond donors (Lipinski definition) is 2. The summed E-state index contributed by atoms with van der Waals surface area (Å²) in [6.07, 6.45) is 6.74. The molecule has 3 heterocycles. The quantitative estimate of drug-likeness (QED) is 0.488. The second kappa shape index (κ2) is 8.42. The van der Waals surface area contributed by atoms with Gasteiger partial charge in [-0.05, 0) is 50.6 Å². The molecule has 4 aromatic rings. The van der Waals surface area contributed by atoms with E-state index in [9.17, 15) is 4.79 Å². The first-order valence-electron chi connectivity index (χ1n) is 9.38. The van der Waals surface area contributed by atoms with E-state index in [2.05, 4.69) is 30.6 Å². The fourth-order valence-electron chi connectivity index (χ4n) is 3.06. The lowest BCUT2D eigenvalue weighted by Crippen LogP contribution is -2.17. The van der Waals surface area contributed by atoms with Gasteiger partial charge in [-0.25, -0.2) is 19.9 Å². The fourth-order valence-corrected chi connectivity index (χ4v) is 3.95. The highest BCUT2D eigenvalue weighted by Crippen LogP contribution is 2.29. The van der Waals surface area contributed by atoms with E-state index in [1.165, 1.54) is 0 Å². The number of nitrogens with zero attached hydrogens (tertiary/aromatic N) is 5. The van der Waals surface area contributed by atoms with Crippen molar-refractivity contribution in [1.82, 2.24) is 24.5 Å². The summed E-state index contributed by atoms with van der Waals surface area (Å²) in [5, 5.41) is 7.17. The van der Waals surface area contributed by atoms with Crippen LogP contribution in [-0.2, 0) is 11.3 Å². The number of carbonyl (C=O) groups is 1. The van der Waals surface area contributed by atoms with Gasteiger partial charge in [-0.15, -0.1) is 11.3 Å². The van der Waals surface area contributed by atoms with Crippen molar-refractivity contribution in [2.24, 2.45) is 0 Å². The first-order chi connectivity index (χ1) is 14.5. The third kappa shape index (κ3) is 4.52. The maximum Gasteiger partial charge on any atom is 0.244 e. The molecule has 1 amide bonds. The Kier molecular flexibility index (Phi) is 5.53. The maximum absolute atomic E-state index is 12.2. The lowest BCUT2D eigenvalue weighted by Gasteiger charge is -2.12. The molecule has 152 valence electrons. The van der Waals surface area contributed by atoms with Crippen LogP contribution >= 0.6 is 11.3 Å². The summed E-state index contributed by atoms with van der Waals surface area (Å²) in [5.74, 6) is 0.400. The van der Waals surface area contributed by atoms with Crippen molar-refractivity contribution in [2.45, 2.75) is 27.3 Å². The minimum atomic E-state index is -0.112. The molecule has 0 radical (unpaired) electrons. The van der Waals surface area contributed by atoms with E-state index >= 15 is 0 Å². The molecule has 0 saturated heterocycles. The topological polar surface area (TPSA) is 97.6 Å². The van der Waals surface area contributed by atoms with E-state index in [1.807, 2.05) is 45.0 Å². The molecule has 0 bridgehead atoms. The number of aryl methyl sites for hydroxylation is 3. The molecular weight excluding hydrogens is 398 g/mol. The SMILES string of the molecule is Cc1nc(C)c(-c2ccnc(Nc3ccc(NC(=O)Cn4ccnc4)cc3C)n2)s1. The largest absolute Gasteiger partial charge is 0.328 e. The molecule has 30 heavy (non-hydrogen) atoms. The Bertz CT molecular complexity index is 1180. The third-order valence-electron chi connectivity index (χ3n) is 4.43. The summed E-state index contributed by atoms with van der Waals surface area (Å²) in [5.41, 5.74) is 4.38. The molecular formula is C21H21N7OS. The number of amides is 1. The first kappa shape index (κ1) is 19.7. The second-order valence-corrected chi connectivity index (χ2v) is 8.05. The Labute approximate surface area is 178 Å². The van der Waals surface area contributed by atoms with E-state index < -0.39 is 0 Å². The number of imidazole rings is 1. The summed E-state index contributed by atoms with van der Waals surface area (Å²) in [6.45, 7) is 6.16. The molecule has 4 rings (SSSR count). The Balaban J connectivity index is 1.47. The van der Waals surface area contributed by atoms with Crippen molar-refractivity contribution >= 4 is 34.6 Å². The van der Waals surface area contributed by atoms with Gasteiger partial charge in [0, 0.05) is 30.0 Å². The average molecular weight is 420 g/mol. The van der Waals surface area contributed by atoms with Gasteiger partial charge >= 0.3 is 0 Å². The van der Waals surface area contributed by atoms with E-state index in [0.717, 1.165) is 38.2 Å². The van der Waals surface area contributed by atoms with Gasteiger partial charge in [0.1, 0.15) is 6.54 Å². The minimum absolute atomic E-state index is 0.112. The smallest absolute Gasteiger partial charge is 0.244 e. The number of carbonyl (C=O) groups excluding carboxylic acids is 1. The average Bonchev–Trinajstić information content (AvgIpc) is 3.33. The van der Waals surface area contributed by atoms with Gasteiger partial charge in [-0.2, -0.15) is 0 Å². The monoisotopic (exact) mass is 419 g/mol. The normalized spacial score (nSPS) is 10.8. The van der Waals surface area contributed by atoms with Gasteiger partial charge < -0.3 is 15.2 Å². The van der Waals surface area contributed by atoms with Gasteiger partial charge in [0.2, 0.25) is 11.9 Å². The fraction of sp³-hybridized carbons (Fsp3) is 0.190. The van der Waals surface area contributed by atoms with Crippen molar-refractivity contribution in [1.29, 1.82) is 0 Å². The molecule has 0 fully saturated rings. The number of anilines is 3. The Hall–Kier alpha value is -3.59. The summed E-state index contributed by atoms with van der Waals surface area (Å²) in [6, 6.07) is 7.55. The Morgan fingerprint density at radius 1 is 1.13 bits per heavy atom. The van der Waals surface area contributed by atoms with Crippen LogP contribution in [-0.4, -0.2) is 30.4 Å². The molecule has 0 spiro atoms. The molecule has 0 atom stereocenters. The van der Waals surface area contributed by atoms with E-state index in [-0.39, 0.29) is 12.5 Å². The van der Waals surface area contributed by atoms with Crippen molar-refractivity contribution in [3.05, 3.63) is 65.4 Å². The molecule has 0 aliphatic heterocycles. The standard InChI is InChI=1S/C21H21N7OS/c1-13-10-16(25-19(29)11-28-9-8-22-12-28)4-5-17(13)26-21-23-7-6-18(27-21)20-14(2)24-15(3)30-20/h4-10,12H,11H2,1-3H3,(H,25,29)(H,23,26,27). The number of aromatic nitrogens is 5. The van der Waals surface area contributed by atoms with Gasteiger partial charge in [-0.3, -0.25) is 4.79 Å². The molecule has 8 nitrogen and oxygen atoms in total. The molecule has 0 aliphatic rings. The van der Waals surface area contributed by atoms with E-state index in [1.54, 1.807) is 40.8 Å². The van der Waals surface area contributed by atoms with Gasteiger partial charge in [-0.1, -0.05) is 0 Å². The predicted molar refractivity (Wildman–Crippen MR) is 118 cm³/mol. The number of hydrogen-bond acceptors (Lipinski definition) is 7. The molecule has 0 saturated carbocycles. The van der Waals surface area contributed by atoms with Crippen molar-refractivity contribution in [3.8, 4) is 10.6 Å². The molecule has 9 heteroatoms. The summed E-state index contributed by atoms with van der Waals surface area (Å²) in [4.78, 5) is 30.6. The van der Waals surface area contributed by atoms with E-state index in [0.29, 0.717) is 5.95 Å². The highest BCUT2D eigenvalue weighted by atomic mass is 32.1. The van der Waals surface area contributed by atoms with Crippen LogP contribution in [0.15, 0.2) is 49.2 Å².